The van der Waals surface area contributed by atoms with Crippen LogP contribution in [0.15, 0.2) is 30.0 Å². The first kappa shape index (κ1) is 14.1. The maximum Gasteiger partial charge on any atom is 0.309 e. The molecule has 1 aromatic heterocycles. The number of allylic oxidation sites excluding steroid dienone is 1. The molecule has 0 aromatic carbocycles. The molecule has 4 atom stereocenters. The third-order valence-electron chi connectivity index (χ3n) is 4.36. The molecule has 1 amide bonds. The van der Waals surface area contributed by atoms with Gasteiger partial charge in [0.1, 0.15) is 5.15 Å². The Morgan fingerprint density at radius 1 is 1.43 bits per heavy atom. The molecule has 0 saturated carbocycles. The van der Waals surface area contributed by atoms with E-state index < -0.39 is 23.8 Å². The molecule has 21 heavy (non-hydrogen) atoms. The zero-order valence-electron chi connectivity index (χ0n) is 11.7. The van der Waals surface area contributed by atoms with Crippen molar-refractivity contribution in [2.45, 2.75) is 19.9 Å². The molecule has 1 saturated heterocycles. The molecule has 2 heterocycles. The van der Waals surface area contributed by atoms with Gasteiger partial charge >= 0.3 is 5.97 Å². The van der Waals surface area contributed by atoms with Gasteiger partial charge < -0.3 is 10.0 Å². The number of anilines is 1. The highest BCUT2D eigenvalue weighted by Gasteiger charge is 2.56. The molecule has 110 valence electrons. The van der Waals surface area contributed by atoms with Crippen molar-refractivity contribution in [3.8, 4) is 0 Å². The molecule has 4 unspecified atom stereocenters. The van der Waals surface area contributed by atoms with Gasteiger partial charge in [-0.25, -0.2) is 4.98 Å². The Labute approximate surface area is 127 Å². The number of carboxylic acid groups (broad SMARTS) is 1. The van der Waals surface area contributed by atoms with E-state index in [1.165, 1.54) is 6.20 Å². The van der Waals surface area contributed by atoms with Gasteiger partial charge in [0.2, 0.25) is 5.91 Å². The number of carbonyl (C=O) groups excluding carboxylic acids is 1. The number of nitrogens with zero attached hydrogens (tertiary/aromatic N) is 2. The summed E-state index contributed by atoms with van der Waals surface area (Å²) >= 11 is 5.78. The van der Waals surface area contributed by atoms with E-state index in [0.717, 1.165) is 5.57 Å². The Hall–Kier alpha value is -1.88. The van der Waals surface area contributed by atoms with Crippen LogP contribution in [-0.4, -0.2) is 28.0 Å². The maximum absolute atomic E-state index is 12.7. The highest BCUT2D eigenvalue weighted by atomic mass is 35.5. The van der Waals surface area contributed by atoms with Crippen molar-refractivity contribution in [1.82, 2.24) is 4.98 Å². The number of pyridine rings is 1. The summed E-state index contributed by atoms with van der Waals surface area (Å²) < 4.78 is 0. The molecule has 0 spiro atoms. The van der Waals surface area contributed by atoms with Crippen molar-refractivity contribution >= 4 is 29.2 Å². The van der Waals surface area contributed by atoms with Crippen molar-refractivity contribution in [1.29, 1.82) is 0 Å². The minimum atomic E-state index is -0.929. The SMILES string of the molecule is CC1=CC(C)C2C(=O)N(c3ccc(Cl)nc3)C1C2C(=O)O. The van der Waals surface area contributed by atoms with E-state index in [-0.39, 0.29) is 11.8 Å². The standard InChI is InChI=1S/C15H15ClN2O3/c1-7-5-8(2)13-12(15(20)21)11(7)14(19)18(13)9-3-4-10(16)17-6-9/h3-7,11-13H,1-2H3,(H,20,21). The van der Waals surface area contributed by atoms with E-state index in [0.29, 0.717) is 10.8 Å². The highest BCUT2D eigenvalue weighted by molar-refractivity contribution is 6.29. The average molecular weight is 307 g/mol. The van der Waals surface area contributed by atoms with Crippen LogP contribution >= 0.6 is 11.6 Å². The summed E-state index contributed by atoms with van der Waals surface area (Å²) in [5.41, 5.74) is 1.50. The van der Waals surface area contributed by atoms with Gasteiger partial charge in [-0.2, -0.15) is 0 Å². The van der Waals surface area contributed by atoms with E-state index >= 15 is 0 Å². The lowest BCUT2D eigenvalue weighted by Crippen LogP contribution is -2.40. The predicted octanol–water partition coefficient (Wildman–Crippen LogP) is 2.36. The largest absolute Gasteiger partial charge is 0.481 e. The lowest BCUT2D eigenvalue weighted by molar-refractivity contribution is -0.145. The van der Waals surface area contributed by atoms with Crippen molar-refractivity contribution in [3.63, 3.8) is 0 Å². The lowest BCUT2D eigenvalue weighted by Gasteiger charge is -2.30. The van der Waals surface area contributed by atoms with Crippen LogP contribution < -0.4 is 4.90 Å². The fourth-order valence-corrected chi connectivity index (χ4v) is 3.66. The number of amides is 1. The Balaban J connectivity index is 2.11. The summed E-state index contributed by atoms with van der Waals surface area (Å²) in [4.78, 5) is 29.9. The lowest BCUT2D eigenvalue weighted by atomic mass is 9.74. The minimum Gasteiger partial charge on any atom is -0.481 e. The normalized spacial score (nSPS) is 31.3. The molecule has 5 nitrogen and oxygen atoms in total. The van der Waals surface area contributed by atoms with Crippen LogP contribution in [0.25, 0.3) is 0 Å². The van der Waals surface area contributed by atoms with Gasteiger partial charge in [-0.05, 0) is 25.0 Å². The predicted molar refractivity (Wildman–Crippen MR) is 78.1 cm³/mol. The van der Waals surface area contributed by atoms with Crippen LogP contribution in [0.1, 0.15) is 13.8 Å². The number of aliphatic carboxylic acids is 1. The van der Waals surface area contributed by atoms with Gasteiger partial charge in [-0.3, -0.25) is 9.59 Å². The van der Waals surface area contributed by atoms with Crippen LogP contribution in [0.3, 0.4) is 0 Å². The van der Waals surface area contributed by atoms with E-state index in [2.05, 4.69) is 4.98 Å². The Morgan fingerprint density at radius 2 is 2.14 bits per heavy atom. The number of carbonyl (C=O) groups is 2. The van der Waals surface area contributed by atoms with Crippen LogP contribution in [-0.2, 0) is 9.59 Å². The second-order valence-electron chi connectivity index (χ2n) is 5.65. The fourth-order valence-electron chi connectivity index (χ4n) is 3.55. The number of carboxylic acids is 1. The number of hydrogen-bond acceptors (Lipinski definition) is 3. The van der Waals surface area contributed by atoms with Crippen LogP contribution in [0.4, 0.5) is 5.69 Å². The number of fused-ring (bicyclic) bond motifs is 2. The second kappa shape index (κ2) is 4.84. The smallest absolute Gasteiger partial charge is 0.309 e. The summed E-state index contributed by atoms with van der Waals surface area (Å²) in [6.45, 7) is 3.77. The van der Waals surface area contributed by atoms with Gasteiger partial charge in [0.05, 0.1) is 29.8 Å². The third-order valence-corrected chi connectivity index (χ3v) is 4.59. The van der Waals surface area contributed by atoms with Gasteiger partial charge in [-0.1, -0.05) is 30.2 Å². The average Bonchev–Trinajstić information content (AvgIpc) is 2.68. The van der Waals surface area contributed by atoms with Crippen molar-refractivity contribution in [2.75, 3.05) is 4.90 Å². The van der Waals surface area contributed by atoms with Gasteiger partial charge in [0.25, 0.3) is 0 Å². The monoisotopic (exact) mass is 306 g/mol. The summed E-state index contributed by atoms with van der Waals surface area (Å²) in [7, 11) is 0. The molecule has 6 heteroatoms. The summed E-state index contributed by atoms with van der Waals surface area (Å²) in [5, 5.41) is 9.88. The topological polar surface area (TPSA) is 70.5 Å². The molecule has 0 radical (unpaired) electrons. The summed E-state index contributed by atoms with van der Waals surface area (Å²) in [6, 6.07) is 2.86. The first-order chi connectivity index (χ1) is 9.91. The summed E-state index contributed by atoms with van der Waals surface area (Å²) in [6.07, 6.45) is 3.51. The van der Waals surface area contributed by atoms with Gasteiger partial charge in [0, 0.05) is 0 Å². The van der Waals surface area contributed by atoms with E-state index in [1.54, 1.807) is 17.0 Å². The highest BCUT2D eigenvalue weighted by Crippen LogP contribution is 2.46. The van der Waals surface area contributed by atoms with Crippen LogP contribution in [0, 0.1) is 17.8 Å². The van der Waals surface area contributed by atoms with E-state index in [4.69, 9.17) is 11.6 Å². The number of halogens is 1. The van der Waals surface area contributed by atoms with Gasteiger partial charge in [-0.15, -0.1) is 0 Å². The molecule has 3 rings (SSSR count). The zero-order chi connectivity index (χ0) is 15.3. The van der Waals surface area contributed by atoms with Gasteiger partial charge in [0.15, 0.2) is 0 Å². The molecule has 1 N–H and O–H groups in total. The number of aromatic nitrogens is 1. The first-order valence-corrected chi connectivity index (χ1v) is 7.15. The molecule has 1 aliphatic carbocycles. The zero-order valence-corrected chi connectivity index (χ0v) is 12.4. The maximum atomic E-state index is 12.7. The first-order valence-electron chi connectivity index (χ1n) is 6.77. The van der Waals surface area contributed by atoms with Crippen molar-refractivity contribution in [2.24, 2.45) is 17.8 Å². The molecule has 1 fully saturated rings. The summed E-state index contributed by atoms with van der Waals surface area (Å²) in [5.74, 6) is -2.40. The number of hydrogen-bond donors (Lipinski definition) is 1. The molecular formula is C15H15ClN2O3. The van der Waals surface area contributed by atoms with Crippen LogP contribution in [0.2, 0.25) is 5.15 Å². The Morgan fingerprint density at radius 3 is 2.71 bits per heavy atom. The fraction of sp³-hybridized carbons (Fsp3) is 0.400. The Bertz CT molecular complexity index is 641. The second-order valence-corrected chi connectivity index (χ2v) is 6.04. The van der Waals surface area contributed by atoms with Crippen molar-refractivity contribution in [3.05, 3.63) is 35.1 Å². The molecule has 2 aliphatic rings. The molecular weight excluding hydrogens is 292 g/mol. The minimum absolute atomic E-state index is 0.0832. The molecule has 1 aromatic rings. The quantitative estimate of drug-likeness (QED) is 0.672. The molecule has 1 aliphatic heterocycles. The van der Waals surface area contributed by atoms with E-state index in [1.807, 2.05) is 19.9 Å². The van der Waals surface area contributed by atoms with E-state index in [9.17, 15) is 14.7 Å². The van der Waals surface area contributed by atoms with Crippen LogP contribution in [0.5, 0.6) is 0 Å². The number of rotatable bonds is 2. The molecule has 2 bridgehead atoms. The van der Waals surface area contributed by atoms with Crippen molar-refractivity contribution < 1.29 is 14.7 Å². The Kier molecular flexibility index (Phi) is 3.24. The third kappa shape index (κ3) is 2.03.